The largest absolute Gasteiger partial charge is 0.488 e. The highest BCUT2D eigenvalue weighted by Gasteiger charge is 2.31. The Morgan fingerprint density at radius 2 is 0.702 bits per heavy atom. The van der Waals surface area contributed by atoms with Gasteiger partial charge in [-0.2, -0.15) is 29.9 Å². The molecule has 18 heteroatoms. The molecule has 0 amide bonds. The maximum Gasteiger partial charge on any atom is 0.488 e. The molecule has 0 bridgehead atoms. The van der Waals surface area contributed by atoms with Crippen LogP contribution in [0, 0.1) is 0 Å². The number of fused-ring (bicyclic) bond motifs is 4. The van der Waals surface area contributed by atoms with E-state index in [1.165, 1.54) is 6.07 Å². The van der Waals surface area contributed by atoms with Gasteiger partial charge in [0.2, 0.25) is 29.1 Å². The number of nitrogens with zero attached hydrogens (tertiary/aromatic N) is 10. The molecular weight excluding hydrogens is 1110 g/mol. The minimum Gasteiger partial charge on any atom is -0.453 e. The molecule has 4 heterocycles. The number of ether oxygens (including phenoxy) is 2. The molecule has 14 rings (SSSR count). The molecule has 14 nitrogen and oxygen atoms in total. The Morgan fingerprint density at radius 1 is 0.345 bits per heavy atom. The third-order valence-electron chi connectivity index (χ3n) is 13.1. The summed E-state index contributed by atoms with van der Waals surface area (Å²) in [6, 6.07) is 85.3. The number of aromatic nitrogens is 6. The highest BCUT2D eigenvalue weighted by molar-refractivity contribution is 6.59. The summed E-state index contributed by atoms with van der Waals surface area (Å²) in [5, 5.41) is 18.5. The summed E-state index contributed by atoms with van der Waals surface area (Å²) in [5.41, 5.74) is 8.16. The van der Waals surface area contributed by atoms with E-state index in [1.54, 1.807) is 18.2 Å². The minimum absolute atomic E-state index is 0.0957. The molecule has 0 unspecified atom stereocenters. The summed E-state index contributed by atoms with van der Waals surface area (Å²) in [5.74, 6) is 5.10. The second-order valence-corrected chi connectivity index (χ2v) is 19.9. The predicted octanol–water partition coefficient (Wildman–Crippen LogP) is 16.8. The van der Waals surface area contributed by atoms with Crippen molar-refractivity contribution in [1.29, 1.82) is 0 Å². The van der Waals surface area contributed by atoms with Gasteiger partial charge in [0, 0.05) is 38.4 Å². The van der Waals surface area contributed by atoms with Crippen molar-refractivity contribution in [2.45, 2.75) is 0 Å². The summed E-state index contributed by atoms with van der Waals surface area (Å²) in [6.45, 7) is 0. The van der Waals surface area contributed by atoms with Crippen molar-refractivity contribution in [3.63, 3.8) is 0 Å². The van der Waals surface area contributed by atoms with Gasteiger partial charge in [0.05, 0.1) is 22.7 Å². The first kappa shape index (κ1) is 54.5. The molecule has 2 N–H and O–H groups in total. The van der Waals surface area contributed by atoms with Crippen molar-refractivity contribution < 1.29 is 19.5 Å². The van der Waals surface area contributed by atoms with Gasteiger partial charge in [0.1, 0.15) is 0 Å². The molecule has 0 fully saturated rings. The molecule has 0 aliphatic carbocycles. The molecule has 2 aromatic heterocycles. The van der Waals surface area contributed by atoms with E-state index in [9.17, 15) is 0 Å². The number of halogens is 3. The molecule has 12 aromatic rings. The van der Waals surface area contributed by atoms with Crippen LogP contribution in [0.4, 0.5) is 69.3 Å². The first-order valence-electron chi connectivity index (χ1n) is 26.4. The summed E-state index contributed by atoms with van der Waals surface area (Å²) < 4.78 is 12.4. The van der Waals surface area contributed by atoms with Crippen LogP contribution in [0.25, 0.3) is 11.4 Å². The molecule has 84 heavy (non-hydrogen) atoms. The zero-order valence-corrected chi connectivity index (χ0v) is 46.6. The number of anilines is 12. The zero-order chi connectivity index (χ0) is 57.4. The average Bonchev–Trinajstić information content (AvgIpc) is 2.69. The Balaban J connectivity index is 0.000000143. The molecular formula is C66H46BCl3N10O4. The number of rotatable bonds is 10. The monoisotopic (exact) mass is 1160 g/mol. The van der Waals surface area contributed by atoms with Gasteiger partial charge in [-0.15, -0.1) is 0 Å². The van der Waals surface area contributed by atoms with Crippen LogP contribution in [0.1, 0.15) is 0 Å². The van der Waals surface area contributed by atoms with E-state index in [0.29, 0.717) is 56.6 Å². The maximum atomic E-state index is 8.65. The van der Waals surface area contributed by atoms with Crippen LogP contribution in [0.5, 0.6) is 23.0 Å². The van der Waals surface area contributed by atoms with Gasteiger partial charge in [-0.3, -0.25) is 19.6 Å². The Bertz CT molecular complexity index is 4070. The summed E-state index contributed by atoms with van der Waals surface area (Å²) in [4.78, 5) is 36.9. The first-order chi connectivity index (χ1) is 41.2. The second-order valence-electron chi connectivity index (χ2n) is 18.7. The van der Waals surface area contributed by atoms with Crippen LogP contribution in [0.2, 0.25) is 15.3 Å². The standard InChI is InChI=1S/C33H22ClN5O.C27H18ClN5O.C6H6BClO2/c34-24-13-11-12-23(22-24)31-35-32(38(25-14-3-1-4-15-25)26-16-5-2-6-17-26)37-33(36-31)39-27-18-7-9-20-29(27)40-30-21-10-8-19-28(30)39;28-25-29-26(32(19-11-3-1-4-12-19)20-13-5-2-6-14-20)31-27(30-25)33-21-15-7-9-17-23(21)34-24-18-10-8-16-22(24)33;8-6-3-1-2-5(4-6)7(9)10/h1-22H;1-18H;1-4,9-10H. The third kappa shape index (κ3) is 11.9. The predicted molar refractivity (Wildman–Crippen MR) is 335 cm³/mol. The van der Waals surface area contributed by atoms with Crippen LogP contribution in [-0.2, 0) is 0 Å². The lowest BCUT2D eigenvalue weighted by molar-refractivity contribution is 0.426. The highest BCUT2D eigenvalue weighted by Crippen LogP contribution is 2.51. The molecule has 0 spiro atoms. The first-order valence-corrected chi connectivity index (χ1v) is 27.5. The smallest absolute Gasteiger partial charge is 0.453 e. The van der Waals surface area contributed by atoms with E-state index in [-0.39, 0.29) is 5.28 Å². The van der Waals surface area contributed by atoms with Crippen molar-refractivity contribution in [3.8, 4) is 34.4 Å². The fourth-order valence-electron chi connectivity index (χ4n) is 9.42. The lowest BCUT2D eigenvalue weighted by Crippen LogP contribution is -2.29. The van der Waals surface area contributed by atoms with E-state index >= 15 is 0 Å². The lowest BCUT2D eigenvalue weighted by atomic mass is 9.81. The maximum absolute atomic E-state index is 8.65. The van der Waals surface area contributed by atoms with Gasteiger partial charge in [-0.05, 0) is 138 Å². The number of para-hydroxylation sites is 12. The summed E-state index contributed by atoms with van der Waals surface area (Å²) in [6.07, 6.45) is 0. The van der Waals surface area contributed by atoms with Gasteiger partial charge < -0.3 is 19.5 Å². The normalized spacial score (nSPS) is 11.5. The van der Waals surface area contributed by atoms with Gasteiger partial charge in [0.15, 0.2) is 28.8 Å². The average molecular weight is 1160 g/mol. The van der Waals surface area contributed by atoms with Crippen molar-refractivity contribution in [1.82, 2.24) is 29.9 Å². The third-order valence-corrected chi connectivity index (χ3v) is 13.8. The molecule has 0 saturated heterocycles. The highest BCUT2D eigenvalue weighted by atomic mass is 35.5. The zero-order valence-electron chi connectivity index (χ0n) is 44.3. The molecule has 2 aliphatic heterocycles. The fraction of sp³-hybridized carbons (Fsp3) is 0. The topological polar surface area (TPSA) is 149 Å². The van der Waals surface area contributed by atoms with E-state index in [2.05, 4.69) is 9.97 Å². The van der Waals surface area contributed by atoms with Crippen LogP contribution in [0.3, 0.4) is 0 Å². The van der Waals surface area contributed by atoms with Crippen molar-refractivity contribution in [3.05, 3.63) is 282 Å². The lowest BCUT2D eigenvalue weighted by Gasteiger charge is -2.32. The number of benzene rings is 10. The molecule has 2 aliphatic rings. The SMILES string of the molecule is Clc1cccc(-c2nc(N(c3ccccc3)c3ccccc3)nc(N3c4ccccc4Oc4ccccc43)n2)c1.Clc1nc(N(c2ccccc2)c2ccccc2)nc(N2c3ccccc3Oc3ccccc32)n1.OB(O)c1cccc(Cl)c1. The van der Waals surface area contributed by atoms with Gasteiger partial charge >= 0.3 is 7.12 Å². The quantitative estimate of drug-likeness (QED) is 0.125. The number of hydrogen-bond donors (Lipinski definition) is 2. The molecule has 0 atom stereocenters. The summed E-state index contributed by atoms with van der Waals surface area (Å²) in [7, 11) is -1.43. The van der Waals surface area contributed by atoms with Crippen molar-refractivity contribution >= 4 is 117 Å². The second kappa shape index (κ2) is 24.9. The van der Waals surface area contributed by atoms with Gasteiger partial charge in [-0.1, -0.05) is 169 Å². The van der Waals surface area contributed by atoms with Crippen LogP contribution in [-0.4, -0.2) is 47.1 Å². The molecule has 10 aromatic carbocycles. The van der Waals surface area contributed by atoms with Crippen LogP contribution >= 0.6 is 34.8 Å². The Kier molecular flexibility index (Phi) is 16.2. The Hall–Kier alpha value is -10.1. The van der Waals surface area contributed by atoms with Crippen molar-refractivity contribution in [2.24, 2.45) is 0 Å². The van der Waals surface area contributed by atoms with Crippen LogP contribution < -0.4 is 34.5 Å². The van der Waals surface area contributed by atoms with E-state index in [0.717, 1.165) is 62.6 Å². The fourth-order valence-corrected chi connectivity index (χ4v) is 9.96. The molecule has 0 radical (unpaired) electrons. The van der Waals surface area contributed by atoms with Gasteiger partial charge in [0.25, 0.3) is 0 Å². The minimum atomic E-state index is -1.43. The van der Waals surface area contributed by atoms with E-state index in [4.69, 9.17) is 74.3 Å². The Labute approximate surface area is 499 Å². The van der Waals surface area contributed by atoms with E-state index < -0.39 is 7.12 Å². The van der Waals surface area contributed by atoms with Crippen molar-refractivity contribution in [2.75, 3.05) is 19.6 Å². The summed E-state index contributed by atoms with van der Waals surface area (Å²) >= 11 is 18.5. The number of hydrogen-bond acceptors (Lipinski definition) is 14. The Morgan fingerprint density at radius 3 is 1.08 bits per heavy atom. The molecule has 408 valence electrons. The van der Waals surface area contributed by atoms with Crippen LogP contribution in [0.15, 0.2) is 267 Å². The van der Waals surface area contributed by atoms with Gasteiger partial charge in [-0.25, -0.2) is 0 Å². The van der Waals surface area contributed by atoms with E-state index in [1.807, 2.05) is 262 Å². The molecule has 0 saturated carbocycles.